The number of anilines is 2. The van der Waals surface area contributed by atoms with Gasteiger partial charge in [-0.05, 0) is 43.7 Å². The Bertz CT molecular complexity index is 644. The molecular formula is C16H17FN2O. The molecular weight excluding hydrogens is 255 g/mol. The van der Waals surface area contributed by atoms with Crippen molar-refractivity contribution in [2.45, 2.75) is 13.8 Å². The summed E-state index contributed by atoms with van der Waals surface area (Å²) in [7, 11) is 1.66. The van der Waals surface area contributed by atoms with Crippen molar-refractivity contribution in [3.63, 3.8) is 0 Å². The number of nitrogen functional groups attached to an aromatic ring is 1. The molecule has 0 fully saturated rings. The normalized spacial score (nSPS) is 10.4. The molecule has 0 saturated heterocycles. The number of carbonyl (C=O) groups is 1. The smallest absolute Gasteiger partial charge is 0.258 e. The first-order valence-electron chi connectivity index (χ1n) is 6.30. The monoisotopic (exact) mass is 272 g/mol. The van der Waals surface area contributed by atoms with E-state index in [4.69, 9.17) is 5.73 Å². The zero-order valence-corrected chi connectivity index (χ0v) is 11.8. The fourth-order valence-electron chi connectivity index (χ4n) is 1.97. The predicted molar refractivity (Wildman–Crippen MR) is 79.5 cm³/mol. The highest BCUT2D eigenvalue weighted by Crippen LogP contribution is 2.21. The summed E-state index contributed by atoms with van der Waals surface area (Å²) in [6.07, 6.45) is 0. The van der Waals surface area contributed by atoms with Gasteiger partial charge in [-0.3, -0.25) is 4.79 Å². The van der Waals surface area contributed by atoms with E-state index in [9.17, 15) is 9.18 Å². The number of rotatable bonds is 2. The molecule has 0 aliphatic rings. The Morgan fingerprint density at radius 1 is 1.20 bits per heavy atom. The van der Waals surface area contributed by atoms with Gasteiger partial charge in [-0.25, -0.2) is 4.39 Å². The average molecular weight is 272 g/mol. The third-order valence-corrected chi connectivity index (χ3v) is 3.33. The van der Waals surface area contributed by atoms with Gasteiger partial charge >= 0.3 is 0 Å². The number of halogens is 1. The van der Waals surface area contributed by atoms with E-state index in [-0.39, 0.29) is 17.2 Å². The van der Waals surface area contributed by atoms with Gasteiger partial charge in [0, 0.05) is 29.5 Å². The van der Waals surface area contributed by atoms with Crippen LogP contribution < -0.4 is 10.6 Å². The SMILES string of the molecule is Cc1cccc(N(C)C(=O)c2cc(N)c(C)c(F)c2)c1. The number of amides is 1. The molecule has 0 spiro atoms. The van der Waals surface area contributed by atoms with Crippen LogP contribution in [0, 0.1) is 19.7 Å². The molecule has 20 heavy (non-hydrogen) atoms. The van der Waals surface area contributed by atoms with E-state index in [2.05, 4.69) is 0 Å². The maximum absolute atomic E-state index is 13.7. The second-order valence-electron chi connectivity index (χ2n) is 4.88. The van der Waals surface area contributed by atoms with E-state index >= 15 is 0 Å². The first-order valence-corrected chi connectivity index (χ1v) is 6.30. The molecule has 2 N–H and O–H groups in total. The van der Waals surface area contributed by atoms with E-state index in [1.807, 2.05) is 31.2 Å². The molecule has 2 rings (SSSR count). The highest BCUT2D eigenvalue weighted by atomic mass is 19.1. The molecule has 1 amide bonds. The van der Waals surface area contributed by atoms with Crippen LogP contribution in [0.3, 0.4) is 0 Å². The third kappa shape index (κ3) is 2.64. The average Bonchev–Trinajstić information content (AvgIpc) is 2.42. The van der Waals surface area contributed by atoms with E-state index in [1.54, 1.807) is 14.0 Å². The van der Waals surface area contributed by atoms with Crippen molar-refractivity contribution in [1.29, 1.82) is 0 Å². The van der Waals surface area contributed by atoms with Crippen LogP contribution in [0.1, 0.15) is 21.5 Å². The molecule has 0 unspecified atom stereocenters. The number of nitrogens with zero attached hydrogens (tertiary/aromatic N) is 1. The van der Waals surface area contributed by atoms with Crippen LogP contribution in [0.2, 0.25) is 0 Å². The Morgan fingerprint density at radius 2 is 1.90 bits per heavy atom. The lowest BCUT2D eigenvalue weighted by molar-refractivity contribution is 0.0992. The minimum atomic E-state index is -0.467. The van der Waals surface area contributed by atoms with Crippen LogP contribution in [0.5, 0.6) is 0 Å². The van der Waals surface area contributed by atoms with E-state index in [0.29, 0.717) is 5.56 Å². The summed E-state index contributed by atoms with van der Waals surface area (Å²) in [5.41, 5.74) is 8.41. The van der Waals surface area contributed by atoms with Gasteiger partial charge < -0.3 is 10.6 Å². The Labute approximate surface area is 117 Å². The Hall–Kier alpha value is -2.36. The molecule has 0 heterocycles. The van der Waals surface area contributed by atoms with Crippen molar-refractivity contribution in [3.05, 3.63) is 58.9 Å². The zero-order valence-electron chi connectivity index (χ0n) is 11.8. The molecule has 2 aromatic carbocycles. The Balaban J connectivity index is 2.36. The molecule has 0 aliphatic heterocycles. The zero-order chi connectivity index (χ0) is 14.9. The predicted octanol–water partition coefficient (Wildman–Crippen LogP) is 3.30. The van der Waals surface area contributed by atoms with Gasteiger partial charge in [0.25, 0.3) is 5.91 Å². The summed E-state index contributed by atoms with van der Waals surface area (Å²) in [5.74, 6) is -0.757. The number of carbonyl (C=O) groups excluding carboxylic acids is 1. The standard InChI is InChI=1S/C16H17FN2O/c1-10-5-4-6-13(7-10)19(3)16(20)12-8-14(17)11(2)15(18)9-12/h4-9H,18H2,1-3H3. The van der Waals surface area contributed by atoms with E-state index in [0.717, 1.165) is 11.3 Å². The summed E-state index contributed by atoms with van der Waals surface area (Å²) in [6.45, 7) is 3.54. The summed E-state index contributed by atoms with van der Waals surface area (Å²) < 4.78 is 13.7. The lowest BCUT2D eigenvalue weighted by atomic mass is 10.1. The molecule has 104 valence electrons. The van der Waals surface area contributed by atoms with Crippen molar-refractivity contribution in [2.24, 2.45) is 0 Å². The molecule has 0 bridgehead atoms. The summed E-state index contributed by atoms with van der Waals surface area (Å²) in [5, 5.41) is 0. The lowest BCUT2D eigenvalue weighted by Crippen LogP contribution is -2.26. The molecule has 0 saturated carbocycles. The topological polar surface area (TPSA) is 46.3 Å². The number of hydrogen-bond acceptors (Lipinski definition) is 2. The van der Waals surface area contributed by atoms with Gasteiger partial charge in [-0.15, -0.1) is 0 Å². The molecule has 3 nitrogen and oxygen atoms in total. The number of nitrogens with two attached hydrogens (primary N) is 1. The minimum absolute atomic E-state index is 0.245. The lowest BCUT2D eigenvalue weighted by Gasteiger charge is -2.18. The fraction of sp³-hybridized carbons (Fsp3) is 0.188. The molecule has 4 heteroatoms. The van der Waals surface area contributed by atoms with Crippen molar-refractivity contribution in [3.8, 4) is 0 Å². The van der Waals surface area contributed by atoms with Crippen LogP contribution in [0.25, 0.3) is 0 Å². The molecule has 0 aromatic heterocycles. The first-order chi connectivity index (χ1) is 9.40. The van der Waals surface area contributed by atoms with Gasteiger partial charge in [-0.2, -0.15) is 0 Å². The van der Waals surface area contributed by atoms with Crippen molar-refractivity contribution < 1.29 is 9.18 Å². The highest BCUT2D eigenvalue weighted by Gasteiger charge is 2.16. The Morgan fingerprint density at radius 3 is 2.50 bits per heavy atom. The van der Waals surface area contributed by atoms with Crippen LogP contribution in [0.4, 0.5) is 15.8 Å². The van der Waals surface area contributed by atoms with E-state index < -0.39 is 5.82 Å². The number of hydrogen-bond donors (Lipinski definition) is 1. The van der Waals surface area contributed by atoms with Crippen LogP contribution in [0.15, 0.2) is 36.4 Å². The fourth-order valence-corrected chi connectivity index (χ4v) is 1.97. The third-order valence-electron chi connectivity index (χ3n) is 3.33. The first kappa shape index (κ1) is 14.1. The van der Waals surface area contributed by atoms with Crippen LogP contribution >= 0.6 is 0 Å². The van der Waals surface area contributed by atoms with Gasteiger partial charge in [0.15, 0.2) is 0 Å². The highest BCUT2D eigenvalue weighted by molar-refractivity contribution is 6.06. The quantitative estimate of drug-likeness (QED) is 0.853. The van der Waals surface area contributed by atoms with Crippen molar-refractivity contribution in [2.75, 3.05) is 17.7 Å². The summed E-state index contributed by atoms with van der Waals surface area (Å²) in [6, 6.07) is 10.3. The van der Waals surface area contributed by atoms with E-state index in [1.165, 1.54) is 17.0 Å². The Kier molecular flexibility index (Phi) is 3.74. The number of aryl methyl sites for hydroxylation is 1. The number of benzene rings is 2. The maximum Gasteiger partial charge on any atom is 0.258 e. The van der Waals surface area contributed by atoms with Crippen molar-refractivity contribution >= 4 is 17.3 Å². The van der Waals surface area contributed by atoms with Gasteiger partial charge in [0.05, 0.1) is 0 Å². The summed E-state index contributed by atoms with van der Waals surface area (Å²) in [4.78, 5) is 13.9. The largest absolute Gasteiger partial charge is 0.398 e. The second-order valence-corrected chi connectivity index (χ2v) is 4.88. The molecule has 0 radical (unpaired) electrons. The maximum atomic E-state index is 13.7. The minimum Gasteiger partial charge on any atom is -0.398 e. The summed E-state index contributed by atoms with van der Waals surface area (Å²) >= 11 is 0. The van der Waals surface area contributed by atoms with Crippen molar-refractivity contribution in [1.82, 2.24) is 0 Å². The molecule has 2 aromatic rings. The molecule has 0 aliphatic carbocycles. The molecule has 0 atom stereocenters. The van der Waals surface area contributed by atoms with Gasteiger partial charge in [-0.1, -0.05) is 12.1 Å². The van der Waals surface area contributed by atoms with Gasteiger partial charge in [0.2, 0.25) is 0 Å². The van der Waals surface area contributed by atoms with Gasteiger partial charge in [0.1, 0.15) is 5.82 Å². The van der Waals surface area contributed by atoms with Crippen LogP contribution in [-0.2, 0) is 0 Å². The second kappa shape index (κ2) is 5.33. The van der Waals surface area contributed by atoms with Crippen LogP contribution in [-0.4, -0.2) is 13.0 Å².